The second-order valence-corrected chi connectivity index (χ2v) is 5.72. The van der Waals surface area contributed by atoms with Crippen LogP contribution >= 0.6 is 0 Å². The number of aromatic nitrogens is 3. The van der Waals surface area contributed by atoms with Gasteiger partial charge in [0.25, 0.3) is 5.91 Å². The van der Waals surface area contributed by atoms with Crippen LogP contribution in [0, 0.1) is 0 Å². The first-order valence-corrected chi connectivity index (χ1v) is 7.82. The SMILES string of the molecule is COC1CCC(c2cc(NC(=O)c3cnccn3)ccn2)CC1. The molecule has 1 aliphatic rings. The molecule has 1 saturated carbocycles. The van der Waals surface area contributed by atoms with Gasteiger partial charge in [-0.05, 0) is 37.8 Å². The fraction of sp³-hybridized carbons (Fsp3) is 0.412. The lowest BCUT2D eigenvalue weighted by Crippen LogP contribution is -2.20. The van der Waals surface area contributed by atoms with E-state index < -0.39 is 0 Å². The van der Waals surface area contributed by atoms with E-state index in [9.17, 15) is 4.79 Å². The van der Waals surface area contributed by atoms with Crippen LogP contribution in [0.2, 0.25) is 0 Å². The normalized spacial score (nSPS) is 20.9. The molecule has 6 nitrogen and oxygen atoms in total. The predicted octanol–water partition coefficient (Wildman–Crippen LogP) is 2.80. The van der Waals surface area contributed by atoms with Crippen molar-refractivity contribution in [3.8, 4) is 0 Å². The number of carbonyl (C=O) groups excluding carboxylic acids is 1. The van der Waals surface area contributed by atoms with Gasteiger partial charge in [-0.3, -0.25) is 14.8 Å². The zero-order chi connectivity index (χ0) is 16.1. The molecule has 0 bridgehead atoms. The summed E-state index contributed by atoms with van der Waals surface area (Å²) in [6, 6.07) is 3.74. The van der Waals surface area contributed by atoms with Crippen molar-refractivity contribution in [2.24, 2.45) is 0 Å². The summed E-state index contributed by atoms with van der Waals surface area (Å²) in [5.41, 5.74) is 2.06. The van der Waals surface area contributed by atoms with E-state index in [4.69, 9.17) is 4.74 Å². The van der Waals surface area contributed by atoms with Gasteiger partial charge in [0.15, 0.2) is 0 Å². The lowest BCUT2D eigenvalue weighted by atomic mass is 9.85. The third-order valence-electron chi connectivity index (χ3n) is 4.26. The van der Waals surface area contributed by atoms with Crippen LogP contribution < -0.4 is 5.32 Å². The first-order chi connectivity index (χ1) is 11.3. The van der Waals surface area contributed by atoms with E-state index in [1.165, 1.54) is 18.6 Å². The van der Waals surface area contributed by atoms with E-state index in [2.05, 4.69) is 20.3 Å². The van der Waals surface area contributed by atoms with Crippen LogP contribution in [-0.4, -0.2) is 34.1 Å². The first kappa shape index (κ1) is 15.6. The highest BCUT2D eigenvalue weighted by atomic mass is 16.5. The smallest absolute Gasteiger partial charge is 0.275 e. The predicted molar refractivity (Wildman–Crippen MR) is 86.2 cm³/mol. The number of amides is 1. The maximum absolute atomic E-state index is 12.1. The first-order valence-electron chi connectivity index (χ1n) is 7.82. The van der Waals surface area contributed by atoms with Crippen molar-refractivity contribution >= 4 is 11.6 Å². The standard InChI is InChI=1S/C17H20N4O2/c1-23-14-4-2-12(3-5-14)15-10-13(6-7-19-15)21-17(22)16-11-18-8-9-20-16/h6-12,14H,2-5H2,1H3,(H,19,21,22). The van der Waals surface area contributed by atoms with Crippen molar-refractivity contribution in [3.63, 3.8) is 0 Å². The molecule has 0 aromatic carbocycles. The van der Waals surface area contributed by atoms with Crippen LogP contribution in [0.5, 0.6) is 0 Å². The second kappa shape index (κ2) is 7.28. The van der Waals surface area contributed by atoms with Crippen LogP contribution in [0.25, 0.3) is 0 Å². The van der Waals surface area contributed by atoms with E-state index in [0.29, 0.717) is 17.7 Å². The van der Waals surface area contributed by atoms with Crippen LogP contribution in [0.3, 0.4) is 0 Å². The number of carbonyl (C=O) groups is 1. The Labute approximate surface area is 135 Å². The van der Waals surface area contributed by atoms with Crippen molar-refractivity contribution in [3.05, 3.63) is 48.3 Å². The maximum atomic E-state index is 12.1. The molecule has 0 radical (unpaired) electrons. The summed E-state index contributed by atoms with van der Waals surface area (Å²) in [5.74, 6) is 0.160. The maximum Gasteiger partial charge on any atom is 0.275 e. The molecule has 3 rings (SSSR count). The van der Waals surface area contributed by atoms with Gasteiger partial charge < -0.3 is 10.1 Å². The fourth-order valence-electron chi connectivity index (χ4n) is 2.96. The molecule has 23 heavy (non-hydrogen) atoms. The molecule has 0 aliphatic heterocycles. The molecule has 2 heterocycles. The number of anilines is 1. The van der Waals surface area contributed by atoms with E-state index in [1.807, 2.05) is 6.07 Å². The Bertz CT molecular complexity index is 655. The number of nitrogens with one attached hydrogen (secondary N) is 1. The molecule has 2 aromatic rings. The summed E-state index contributed by atoms with van der Waals surface area (Å²) in [6.07, 6.45) is 10.8. The molecule has 1 fully saturated rings. The third-order valence-corrected chi connectivity index (χ3v) is 4.26. The number of methoxy groups -OCH3 is 1. The minimum absolute atomic E-state index is 0.265. The fourth-order valence-corrected chi connectivity index (χ4v) is 2.96. The average Bonchev–Trinajstić information content (AvgIpc) is 2.63. The van der Waals surface area contributed by atoms with Gasteiger partial charge in [-0.15, -0.1) is 0 Å². The summed E-state index contributed by atoms with van der Waals surface area (Å²) in [4.78, 5) is 24.5. The Kier molecular flexibility index (Phi) is 4.92. The molecule has 0 saturated heterocycles. The van der Waals surface area contributed by atoms with Gasteiger partial charge in [0, 0.05) is 43.0 Å². The van der Waals surface area contributed by atoms with Crippen LogP contribution in [-0.2, 0) is 4.74 Å². The number of pyridine rings is 1. The van der Waals surface area contributed by atoms with E-state index in [-0.39, 0.29) is 5.91 Å². The van der Waals surface area contributed by atoms with Crippen molar-refractivity contribution in [1.29, 1.82) is 0 Å². The average molecular weight is 312 g/mol. The Morgan fingerprint density at radius 2 is 2.00 bits per heavy atom. The molecule has 1 aliphatic carbocycles. The summed E-state index contributed by atoms with van der Waals surface area (Å²) < 4.78 is 5.41. The lowest BCUT2D eigenvalue weighted by Gasteiger charge is -2.27. The van der Waals surface area contributed by atoms with Crippen molar-refractivity contribution < 1.29 is 9.53 Å². The topological polar surface area (TPSA) is 77.0 Å². The second-order valence-electron chi connectivity index (χ2n) is 5.72. The van der Waals surface area contributed by atoms with Crippen molar-refractivity contribution in [2.75, 3.05) is 12.4 Å². The largest absolute Gasteiger partial charge is 0.381 e. The number of hydrogen-bond acceptors (Lipinski definition) is 5. The Morgan fingerprint density at radius 3 is 2.70 bits per heavy atom. The molecular weight excluding hydrogens is 292 g/mol. The van der Waals surface area contributed by atoms with E-state index >= 15 is 0 Å². The molecule has 0 unspecified atom stereocenters. The van der Waals surface area contributed by atoms with Crippen LogP contribution in [0.4, 0.5) is 5.69 Å². The van der Waals surface area contributed by atoms with Gasteiger partial charge in [-0.25, -0.2) is 4.98 Å². The van der Waals surface area contributed by atoms with Gasteiger partial charge in [-0.1, -0.05) is 0 Å². The Morgan fingerprint density at radius 1 is 1.17 bits per heavy atom. The molecule has 2 aromatic heterocycles. The quantitative estimate of drug-likeness (QED) is 0.939. The highest BCUT2D eigenvalue weighted by molar-refractivity contribution is 6.02. The number of rotatable bonds is 4. The number of ether oxygens (including phenoxy) is 1. The highest BCUT2D eigenvalue weighted by Crippen LogP contribution is 2.33. The lowest BCUT2D eigenvalue weighted by molar-refractivity contribution is 0.0655. The van der Waals surface area contributed by atoms with Crippen molar-refractivity contribution in [1.82, 2.24) is 15.0 Å². The van der Waals surface area contributed by atoms with Gasteiger partial charge in [0.2, 0.25) is 0 Å². The Balaban J connectivity index is 1.67. The molecule has 6 heteroatoms. The molecule has 1 N–H and O–H groups in total. The minimum atomic E-state index is -0.265. The summed E-state index contributed by atoms with van der Waals surface area (Å²) >= 11 is 0. The van der Waals surface area contributed by atoms with E-state index in [0.717, 1.165) is 37.1 Å². The molecule has 1 amide bonds. The van der Waals surface area contributed by atoms with Crippen molar-refractivity contribution in [2.45, 2.75) is 37.7 Å². The number of hydrogen-bond donors (Lipinski definition) is 1. The summed E-state index contributed by atoms with van der Waals surface area (Å²) in [7, 11) is 1.77. The third kappa shape index (κ3) is 3.90. The molecular formula is C17H20N4O2. The van der Waals surface area contributed by atoms with Crippen LogP contribution in [0.1, 0.15) is 47.8 Å². The summed E-state index contributed by atoms with van der Waals surface area (Å²) in [5, 5.41) is 2.85. The highest BCUT2D eigenvalue weighted by Gasteiger charge is 2.23. The molecule has 0 atom stereocenters. The zero-order valence-electron chi connectivity index (χ0n) is 13.1. The van der Waals surface area contributed by atoms with E-state index in [1.54, 1.807) is 19.4 Å². The molecule has 120 valence electrons. The minimum Gasteiger partial charge on any atom is -0.381 e. The van der Waals surface area contributed by atoms with Crippen LogP contribution in [0.15, 0.2) is 36.9 Å². The molecule has 0 spiro atoms. The van der Waals surface area contributed by atoms with Gasteiger partial charge >= 0.3 is 0 Å². The number of nitrogens with zero attached hydrogens (tertiary/aromatic N) is 3. The monoisotopic (exact) mass is 312 g/mol. The van der Waals surface area contributed by atoms with Gasteiger partial charge in [-0.2, -0.15) is 0 Å². The Hall–Kier alpha value is -2.34. The van der Waals surface area contributed by atoms with Gasteiger partial charge in [0.05, 0.1) is 12.3 Å². The zero-order valence-corrected chi connectivity index (χ0v) is 13.1. The van der Waals surface area contributed by atoms with Gasteiger partial charge in [0.1, 0.15) is 5.69 Å². The summed E-state index contributed by atoms with van der Waals surface area (Å²) in [6.45, 7) is 0.